The lowest BCUT2D eigenvalue weighted by atomic mass is 10.0. The minimum atomic E-state index is -0.535. The summed E-state index contributed by atoms with van der Waals surface area (Å²) in [6.07, 6.45) is 0.405. The quantitative estimate of drug-likeness (QED) is 0.244. The normalized spacial score (nSPS) is 12.0. The number of hydrogen-bond donors (Lipinski definition) is 1. The number of ether oxygens (including phenoxy) is 1. The molecule has 4 aromatic rings. The predicted octanol–water partition coefficient (Wildman–Crippen LogP) is 5.48. The van der Waals surface area contributed by atoms with E-state index in [1.54, 1.807) is 47.4 Å². The Morgan fingerprint density at radius 2 is 1.73 bits per heavy atom. The summed E-state index contributed by atoms with van der Waals surface area (Å²) in [6, 6.07) is 20.2. The van der Waals surface area contributed by atoms with Gasteiger partial charge < -0.3 is 15.0 Å². The summed E-state index contributed by atoms with van der Waals surface area (Å²) < 4.78 is 6.37. The molecule has 11 nitrogen and oxygen atoms in total. The van der Waals surface area contributed by atoms with Crippen LogP contribution in [0.4, 0.5) is 17.3 Å². The number of carbonyl (C=O) groups excluding carboxylic acids is 1. The van der Waals surface area contributed by atoms with Crippen molar-refractivity contribution in [3.8, 4) is 23.8 Å². The molecule has 11 heteroatoms. The van der Waals surface area contributed by atoms with Crippen LogP contribution in [0, 0.1) is 46.6 Å². The van der Waals surface area contributed by atoms with Gasteiger partial charge >= 0.3 is 0 Å². The van der Waals surface area contributed by atoms with Crippen molar-refractivity contribution in [1.82, 2.24) is 14.9 Å². The number of benzene rings is 3. The van der Waals surface area contributed by atoms with Crippen molar-refractivity contribution in [3.63, 3.8) is 0 Å². The van der Waals surface area contributed by atoms with E-state index in [1.165, 1.54) is 18.2 Å². The Kier molecular flexibility index (Phi) is 7.27. The molecule has 1 N–H and O–H groups in total. The van der Waals surface area contributed by atoms with Gasteiger partial charge in [-0.2, -0.15) is 15.5 Å². The number of amides is 1. The topological polar surface area (TPSA) is 158 Å². The summed E-state index contributed by atoms with van der Waals surface area (Å²) >= 11 is 0. The number of nitrogens with zero attached hydrogens (tertiary/aromatic N) is 6. The Hall–Kier alpha value is -5.81. The van der Waals surface area contributed by atoms with Crippen LogP contribution in [-0.2, 0) is 13.0 Å². The summed E-state index contributed by atoms with van der Waals surface area (Å²) in [5, 5.41) is 32.8. The number of fused-ring (bicyclic) bond motifs is 1. The zero-order valence-electron chi connectivity index (χ0n) is 22.2. The van der Waals surface area contributed by atoms with E-state index in [9.17, 15) is 20.2 Å². The van der Waals surface area contributed by atoms with E-state index >= 15 is 0 Å². The van der Waals surface area contributed by atoms with Crippen molar-refractivity contribution >= 4 is 23.2 Å². The number of carbonyl (C=O) groups is 1. The second kappa shape index (κ2) is 11.1. The molecule has 0 atom stereocenters. The van der Waals surface area contributed by atoms with Crippen LogP contribution in [0.3, 0.4) is 0 Å². The predicted molar refractivity (Wildman–Crippen MR) is 149 cm³/mol. The van der Waals surface area contributed by atoms with Gasteiger partial charge in [-0.3, -0.25) is 14.9 Å². The first-order valence-corrected chi connectivity index (χ1v) is 12.7. The van der Waals surface area contributed by atoms with Gasteiger partial charge in [-0.05, 0) is 67.4 Å². The molecule has 1 aromatic heterocycles. The second-order valence-corrected chi connectivity index (χ2v) is 9.53. The van der Waals surface area contributed by atoms with Crippen molar-refractivity contribution in [2.75, 3.05) is 11.9 Å². The van der Waals surface area contributed by atoms with Crippen LogP contribution in [-0.4, -0.2) is 32.2 Å². The molecule has 3 aromatic carbocycles. The van der Waals surface area contributed by atoms with Crippen LogP contribution in [0.5, 0.6) is 11.6 Å². The number of aryl methyl sites for hydroxylation is 2. The van der Waals surface area contributed by atoms with E-state index in [0.29, 0.717) is 46.8 Å². The minimum absolute atomic E-state index is 0.137. The molecule has 1 aliphatic heterocycles. The number of nitro benzene ring substituents is 1. The molecular formula is C30H23N7O4. The van der Waals surface area contributed by atoms with Crippen molar-refractivity contribution in [2.45, 2.75) is 26.8 Å². The second-order valence-electron chi connectivity index (χ2n) is 9.53. The van der Waals surface area contributed by atoms with E-state index in [1.807, 2.05) is 13.8 Å². The highest BCUT2D eigenvalue weighted by Crippen LogP contribution is 2.35. The molecule has 0 unspecified atom stereocenters. The van der Waals surface area contributed by atoms with Crippen LogP contribution in [0.25, 0.3) is 0 Å². The first-order chi connectivity index (χ1) is 19.7. The zero-order chi connectivity index (χ0) is 29.1. The largest absolute Gasteiger partial charge is 0.438 e. The number of nitrogens with one attached hydrogen (secondary N) is 1. The SMILES string of the molecule is Cc1cc(C#N)cc(C)c1Oc1nc(Nc2ccc(C#N)cc2)nc2c1CN(C(=O)c1cccc([N+](=O)[O-])c1)CC2. The maximum Gasteiger partial charge on any atom is 0.270 e. The van der Waals surface area contributed by atoms with Crippen molar-refractivity contribution < 1.29 is 14.5 Å². The Bertz CT molecular complexity index is 1750. The van der Waals surface area contributed by atoms with Gasteiger partial charge in [-0.1, -0.05) is 6.07 Å². The van der Waals surface area contributed by atoms with Gasteiger partial charge in [0.2, 0.25) is 11.8 Å². The third-order valence-corrected chi connectivity index (χ3v) is 6.67. The third kappa shape index (κ3) is 5.65. The summed E-state index contributed by atoms with van der Waals surface area (Å²) in [5.74, 6) is 0.719. The lowest BCUT2D eigenvalue weighted by Crippen LogP contribution is -2.36. The lowest BCUT2D eigenvalue weighted by molar-refractivity contribution is -0.384. The van der Waals surface area contributed by atoms with Crippen LogP contribution in [0.15, 0.2) is 60.7 Å². The van der Waals surface area contributed by atoms with E-state index in [-0.39, 0.29) is 35.5 Å². The van der Waals surface area contributed by atoms with Crippen molar-refractivity contribution in [2.24, 2.45) is 0 Å². The first kappa shape index (κ1) is 26.8. The van der Waals surface area contributed by atoms with Crippen LogP contribution in [0.2, 0.25) is 0 Å². The average Bonchev–Trinajstić information content (AvgIpc) is 2.98. The van der Waals surface area contributed by atoms with Gasteiger partial charge in [0.25, 0.3) is 11.6 Å². The van der Waals surface area contributed by atoms with Crippen molar-refractivity contribution in [3.05, 3.63) is 110 Å². The molecule has 0 aliphatic carbocycles. The fourth-order valence-corrected chi connectivity index (χ4v) is 4.66. The zero-order valence-corrected chi connectivity index (χ0v) is 22.2. The third-order valence-electron chi connectivity index (χ3n) is 6.67. The lowest BCUT2D eigenvalue weighted by Gasteiger charge is -2.29. The number of aromatic nitrogens is 2. The van der Waals surface area contributed by atoms with E-state index in [2.05, 4.69) is 22.4 Å². The molecule has 0 saturated heterocycles. The van der Waals surface area contributed by atoms with E-state index in [0.717, 1.165) is 11.1 Å². The van der Waals surface area contributed by atoms with E-state index < -0.39 is 4.92 Å². The molecule has 0 spiro atoms. The van der Waals surface area contributed by atoms with Gasteiger partial charge in [-0.15, -0.1) is 0 Å². The maximum absolute atomic E-state index is 13.3. The highest BCUT2D eigenvalue weighted by atomic mass is 16.6. The van der Waals surface area contributed by atoms with Crippen LogP contribution >= 0.6 is 0 Å². The maximum atomic E-state index is 13.3. The fourth-order valence-electron chi connectivity index (χ4n) is 4.66. The molecular weight excluding hydrogens is 522 g/mol. The Morgan fingerprint density at radius 1 is 1.02 bits per heavy atom. The highest BCUT2D eigenvalue weighted by molar-refractivity contribution is 5.95. The van der Waals surface area contributed by atoms with Crippen LogP contribution < -0.4 is 10.1 Å². The van der Waals surface area contributed by atoms with Crippen molar-refractivity contribution in [1.29, 1.82) is 10.5 Å². The molecule has 1 amide bonds. The average molecular weight is 546 g/mol. The number of rotatable bonds is 6. The molecule has 2 heterocycles. The summed E-state index contributed by atoms with van der Waals surface area (Å²) in [7, 11) is 0. The van der Waals surface area contributed by atoms with Gasteiger partial charge in [0, 0.05) is 36.3 Å². The van der Waals surface area contributed by atoms with Gasteiger partial charge in [0.1, 0.15) is 5.75 Å². The molecule has 0 bridgehead atoms. The number of anilines is 2. The van der Waals surface area contributed by atoms with Gasteiger partial charge in [0.15, 0.2) is 0 Å². The molecule has 0 radical (unpaired) electrons. The molecule has 1 aliphatic rings. The number of nitro groups is 1. The van der Waals surface area contributed by atoms with Crippen LogP contribution in [0.1, 0.15) is 43.9 Å². The summed E-state index contributed by atoms with van der Waals surface area (Å²) in [6.45, 7) is 4.16. The fraction of sp³-hybridized carbons (Fsp3) is 0.167. The summed E-state index contributed by atoms with van der Waals surface area (Å²) in [4.78, 5) is 35.0. The van der Waals surface area contributed by atoms with E-state index in [4.69, 9.17) is 15.0 Å². The molecule has 5 rings (SSSR count). The minimum Gasteiger partial charge on any atom is -0.438 e. The number of non-ortho nitro benzene ring substituents is 1. The molecule has 202 valence electrons. The molecule has 0 saturated carbocycles. The first-order valence-electron chi connectivity index (χ1n) is 12.7. The Balaban J connectivity index is 1.52. The Morgan fingerprint density at radius 3 is 2.39 bits per heavy atom. The number of nitriles is 2. The molecule has 41 heavy (non-hydrogen) atoms. The smallest absolute Gasteiger partial charge is 0.270 e. The summed E-state index contributed by atoms with van der Waals surface area (Å²) in [5.41, 5.74) is 4.56. The standard InChI is InChI=1S/C30H23N7O4/c1-18-12-21(16-32)13-19(2)27(18)41-28-25-17-36(29(38)22-4-3-5-24(14-22)37(39)40)11-10-26(25)34-30(35-28)33-23-8-6-20(15-31)7-9-23/h3-9,12-14H,10-11,17H2,1-2H3,(H,33,34,35). The van der Waals surface area contributed by atoms with Gasteiger partial charge in [-0.25, -0.2) is 4.98 Å². The monoisotopic (exact) mass is 545 g/mol. The van der Waals surface area contributed by atoms with Gasteiger partial charge in [0.05, 0.1) is 46.0 Å². The highest BCUT2D eigenvalue weighted by Gasteiger charge is 2.28. The molecule has 0 fully saturated rings. The number of hydrogen-bond acceptors (Lipinski definition) is 9. The Labute approximate surface area is 235 Å².